The Kier molecular flexibility index (Phi) is 4.46. The first-order valence-electron chi connectivity index (χ1n) is 8.08. The number of nitrogens with zero attached hydrogens (tertiary/aromatic N) is 1. The van der Waals surface area contributed by atoms with Crippen molar-refractivity contribution in [1.82, 2.24) is 0 Å². The van der Waals surface area contributed by atoms with E-state index in [4.69, 9.17) is 19.9 Å². The summed E-state index contributed by atoms with van der Waals surface area (Å²) in [7, 11) is 3.16. The molecule has 3 aromatic rings. The van der Waals surface area contributed by atoms with Crippen LogP contribution in [0, 0.1) is 11.3 Å². The zero-order valence-electron chi connectivity index (χ0n) is 14.6. The lowest BCUT2D eigenvalue weighted by Crippen LogP contribution is -2.21. The zero-order chi connectivity index (χ0) is 19.1. The predicted octanol–water partition coefficient (Wildman–Crippen LogP) is 4.90. The van der Waals surface area contributed by atoms with Crippen LogP contribution in [0.25, 0.3) is 10.1 Å². The smallest absolute Gasteiger partial charge is 0.205 e. The van der Waals surface area contributed by atoms with Crippen molar-refractivity contribution in [2.75, 3.05) is 14.2 Å². The van der Waals surface area contributed by atoms with Gasteiger partial charge in [-0.15, -0.1) is 11.3 Å². The highest BCUT2D eigenvalue weighted by molar-refractivity contribution is 9.10. The molecule has 0 spiro atoms. The second kappa shape index (κ2) is 6.80. The van der Waals surface area contributed by atoms with Gasteiger partial charge in [-0.25, -0.2) is 0 Å². The van der Waals surface area contributed by atoms with Crippen LogP contribution < -0.4 is 19.9 Å². The van der Waals surface area contributed by atoms with E-state index in [1.54, 1.807) is 25.6 Å². The minimum atomic E-state index is -0.362. The van der Waals surface area contributed by atoms with Crippen molar-refractivity contribution in [1.29, 1.82) is 5.26 Å². The number of ether oxygens (including phenoxy) is 3. The molecule has 1 unspecified atom stereocenters. The minimum Gasteiger partial charge on any atom is -0.493 e. The fourth-order valence-electron chi connectivity index (χ4n) is 3.41. The van der Waals surface area contributed by atoms with E-state index >= 15 is 0 Å². The van der Waals surface area contributed by atoms with E-state index in [0.29, 0.717) is 22.8 Å². The van der Waals surface area contributed by atoms with Crippen LogP contribution >= 0.6 is 27.3 Å². The molecule has 0 bridgehead atoms. The van der Waals surface area contributed by atoms with Crippen LogP contribution in [-0.2, 0) is 0 Å². The lowest BCUT2D eigenvalue weighted by molar-refractivity contribution is 0.352. The fraction of sp³-hybridized carbons (Fsp3) is 0.150. The van der Waals surface area contributed by atoms with Crippen LogP contribution in [0.2, 0.25) is 0 Å². The Morgan fingerprint density at radius 1 is 1.22 bits per heavy atom. The quantitative estimate of drug-likeness (QED) is 0.623. The monoisotopic (exact) mass is 442 g/mol. The number of nitrogens with two attached hydrogens (primary N) is 1. The molecule has 7 heteroatoms. The molecular formula is C20H15BrN2O3S. The molecule has 136 valence electrons. The highest BCUT2D eigenvalue weighted by Gasteiger charge is 2.33. The summed E-state index contributed by atoms with van der Waals surface area (Å²) in [6.07, 6.45) is 0. The molecule has 4 rings (SSSR count). The Morgan fingerprint density at radius 2 is 2.04 bits per heavy atom. The fourth-order valence-corrected chi connectivity index (χ4v) is 4.82. The van der Waals surface area contributed by atoms with Crippen LogP contribution in [0.15, 0.2) is 51.6 Å². The second-order valence-electron chi connectivity index (χ2n) is 5.98. The molecular weight excluding hydrogens is 428 g/mol. The topological polar surface area (TPSA) is 77.5 Å². The molecule has 27 heavy (non-hydrogen) atoms. The number of thiophene rings is 1. The van der Waals surface area contributed by atoms with E-state index in [2.05, 4.69) is 22.0 Å². The summed E-state index contributed by atoms with van der Waals surface area (Å²) in [6.45, 7) is 0. The van der Waals surface area contributed by atoms with Crippen LogP contribution in [0.5, 0.6) is 17.2 Å². The Morgan fingerprint density at radius 3 is 2.74 bits per heavy atom. The van der Waals surface area contributed by atoms with E-state index in [1.165, 1.54) is 0 Å². The molecule has 0 saturated heterocycles. The summed E-state index contributed by atoms with van der Waals surface area (Å²) in [5, 5.41) is 12.8. The van der Waals surface area contributed by atoms with Crippen molar-refractivity contribution in [2.45, 2.75) is 5.92 Å². The van der Waals surface area contributed by atoms with Gasteiger partial charge in [0.15, 0.2) is 11.5 Å². The van der Waals surface area contributed by atoms with Gasteiger partial charge < -0.3 is 19.9 Å². The van der Waals surface area contributed by atoms with Gasteiger partial charge in [0.1, 0.15) is 17.4 Å². The Bertz CT molecular complexity index is 1130. The highest BCUT2D eigenvalue weighted by Crippen LogP contribution is 2.48. The van der Waals surface area contributed by atoms with E-state index in [-0.39, 0.29) is 11.8 Å². The van der Waals surface area contributed by atoms with Gasteiger partial charge in [0.2, 0.25) is 5.88 Å². The third-order valence-electron chi connectivity index (χ3n) is 4.60. The Labute approximate surface area is 168 Å². The third kappa shape index (κ3) is 2.73. The van der Waals surface area contributed by atoms with E-state index < -0.39 is 0 Å². The Hall–Kier alpha value is -2.69. The third-order valence-corrected chi connectivity index (χ3v) is 6.07. The molecule has 2 N–H and O–H groups in total. The summed E-state index contributed by atoms with van der Waals surface area (Å²) in [6, 6.07) is 12.0. The van der Waals surface area contributed by atoms with Gasteiger partial charge in [0, 0.05) is 15.6 Å². The summed E-state index contributed by atoms with van der Waals surface area (Å²) in [5.41, 5.74) is 8.25. The predicted molar refractivity (Wildman–Crippen MR) is 108 cm³/mol. The van der Waals surface area contributed by atoms with Crippen molar-refractivity contribution >= 4 is 37.4 Å². The van der Waals surface area contributed by atoms with Gasteiger partial charge >= 0.3 is 0 Å². The number of benzene rings is 2. The number of methoxy groups -OCH3 is 2. The molecule has 0 aliphatic carbocycles. The average molecular weight is 443 g/mol. The Balaban J connectivity index is 1.99. The number of halogens is 1. The first kappa shape index (κ1) is 17.7. The maximum absolute atomic E-state index is 9.76. The molecule has 1 aliphatic rings. The number of fused-ring (bicyclic) bond motifs is 3. The van der Waals surface area contributed by atoms with E-state index in [9.17, 15) is 5.26 Å². The van der Waals surface area contributed by atoms with Gasteiger partial charge in [0.25, 0.3) is 0 Å². The molecule has 2 heterocycles. The number of rotatable bonds is 3. The first-order valence-corrected chi connectivity index (χ1v) is 9.75. The normalized spacial score (nSPS) is 15.9. The van der Waals surface area contributed by atoms with Crippen molar-refractivity contribution in [3.63, 3.8) is 0 Å². The maximum atomic E-state index is 9.76. The summed E-state index contributed by atoms with van der Waals surface area (Å²) in [4.78, 5) is 0. The molecule has 2 aromatic carbocycles. The molecule has 1 atom stereocenters. The van der Waals surface area contributed by atoms with Gasteiger partial charge in [-0.1, -0.05) is 6.07 Å². The lowest BCUT2D eigenvalue weighted by atomic mass is 9.83. The second-order valence-corrected chi connectivity index (χ2v) is 7.78. The molecule has 1 aliphatic heterocycles. The van der Waals surface area contributed by atoms with Gasteiger partial charge in [-0.05, 0) is 51.1 Å². The summed E-state index contributed by atoms with van der Waals surface area (Å²) in [5.74, 6) is 1.62. The molecule has 0 amide bonds. The van der Waals surface area contributed by atoms with Crippen molar-refractivity contribution in [3.05, 3.63) is 62.8 Å². The highest BCUT2D eigenvalue weighted by atomic mass is 79.9. The lowest BCUT2D eigenvalue weighted by Gasteiger charge is -2.27. The minimum absolute atomic E-state index is 0.125. The van der Waals surface area contributed by atoms with Gasteiger partial charge in [-0.2, -0.15) is 5.26 Å². The van der Waals surface area contributed by atoms with Crippen LogP contribution in [0.4, 0.5) is 0 Å². The summed E-state index contributed by atoms with van der Waals surface area (Å²) >= 11 is 5.16. The van der Waals surface area contributed by atoms with Crippen molar-refractivity contribution in [2.24, 2.45) is 5.73 Å². The SMILES string of the molecule is COc1cc(C2C(C#N)=C(N)Oc3c2ccc2sccc32)cc(Br)c1OC. The van der Waals surface area contributed by atoms with E-state index in [0.717, 1.165) is 25.7 Å². The van der Waals surface area contributed by atoms with Crippen LogP contribution in [-0.4, -0.2) is 14.2 Å². The molecule has 0 fully saturated rings. The van der Waals surface area contributed by atoms with Crippen molar-refractivity contribution < 1.29 is 14.2 Å². The molecule has 1 aromatic heterocycles. The van der Waals surface area contributed by atoms with Crippen LogP contribution in [0.3, 0.4) is 0 Å². The van der Waals surface area contributed by atoms with Gasteiger partial charge in [-0.3, -0.25) is 0 Å². The average Bonchev–Trinajstić information content (AvgIpc) is 3.15. The number of allylic oxidation sites excluding steroid dienone is 1. The largest absolute Gasteiger partial charge is 0.493 e. The van der Waals surface area contributed by atoms with Crippen molar-refractivity contribution in [3.8, 4) is 23.3 Å². The number of hydrogen-bond donors (Lipinski definition) is 1. The molecule has 0 saturated carbocycles. The first-order chi connectivity index (χ1) is 13.1. The maximum Gasteiger partial charge on any atom is 0.205 e. The van der Waals surface area contributed by atoms with Crippen LogP contribution in [0.1, 0.15) is 17.0 Å². The number of nitriles is 1. The van der Waals surface area contributed by atoms with E-state index in [1.807, 2.05) is 35.7 Å². The summed E-state index contributed by atoms with van der Waals surface area (Å²) < 4.78 is 18.6. The molecule has 0 radical (unpaired) electrons. The zero-order valence-corrected chi connectivity index (χ0v) is 17.0. The number of hydrogen-bond acceptors (Lipinski definition) is 6. The molecule has 5 nitrogen and oxygen atoms in total. The van der Waals surface area contributed by atoms with Gasteiger partial charge in [0.05, 0.1) is 24.6 Å². The standard InChI is InChI=1S/C20H15BrN2O3S/c1-24-15-8-10(7-14(21)19(15)25-2)17-12-3-4-16-11(5-6-27-16)18(12)26-20(23)13(17)9-22/h3-8,17H,23H2,1-2H3.